The molecule has 2 heterocycles. The monoisotopic (exact) mass is 344 g/mol. The number of amides is 3. The standard InChI is InChI=1S/C17H20N4O2S/c1-4-20(17-19-11(2)10-24-17)15(22)13-6-5-7-14(12(13)3)21-9-8-18-16(21)23/h5-7,10H,4,8-9H2,1-3H3,(H,18,23). The first-order chi connectivity index (χ1) is 11.5. The second kappa shape index (κ2) is 6.60. The highest BCUT2D eigenvalue weighted by Crippen LogP contribution is 2.28. The number of aryl methyl sites for hydroxylation is 1. The molecule has 1 aromatic carbocycles. The minimum atomic E-state index is -0.120. The van der Waals surface area contributed by atoms with Gasteiger partial charge in [0.15, 0.2) is 5.13 Å². The van der Waals surface area contributed by atoms with Crippen LogP contribution >= 0.6 is 11.3 Å². The molecule has 0 spiro atoms. The Balaban J connectivity index is 1.96. The molecule has 0 bridgehead atoms. The average Bonchev–Trinajstić information content (AvgIpc) is 3.17. The fraction of sp³-hybridized carbons (Fsp3) is 0.353. The summed E-state index contributed by atoms with van der Waals surface area (Å²) >= 11 is 1.46. The fourth-order valence-electron chi connectivity index (χ4n) is 2.83. The summed E-state index contributed by atoms with van der Waals surface area (Å²) in [6.07, 6.45) is 0. The normalized spacial score (nSPS) is 14.0. The topological polar surface area (TPSA) is 65.5 Å². The molecule has 6 nitrogen and oxygen atoms in total. The lowest BCUT2D eigenvalue weighted by Gasteiger charge is -2.22. The minimum absolute atomic E-state index is 0.0918. The number of benzene rings is 1. The zero-order chi connectivity index (χ0) is 17.3. The summed E-state index contributed by atoms with van der Waals surface area (Å²) in [5.41, 5.74) is 3.09. The molecule has 1 aliphatic rings. The molecule has 1 fully saturated rings. The van der Waals surface area contributed by atoms with Crippen molar-refractivity contribution >= 4 is 34.1 Å². The summed E-state index contributed by atoms with van der Waals surface area (Å²) in [5.74, 6) is -0.0918. The largest absolute Gasteiger partial charge is 0.336 e. The van der Waals surface area contributed by atoms with E-state index in [1.165, 1.54) is 11.3 Å². The number of carbonyl (C=O) groups is 2. The van der Waals surface area contributed by atoms with Gasteiger partial charge in [0.25, 0.3) is 5.91 Å². The first-order valence-corrected chi connectivity index (χ1v) is 8.80. The molecule has 0 aliphatic carbocycles. The van der Waals surface area contributed by atoms with Gasteiger partial charge in [-0.2, -0.15) is 0 Å². The van der Waals surface area contributed by atoms with Gasteiger partial charge in [-0.15, -0.1) is 11.3 Å². The van der Waals surface area contributed by atoms with Crippen molar-refractivity contribution in [3.63, 3.8) is 0 Å². The summed E-state index contributed by atoms with van der Waals surface area (Å²) in [6.45, 7) is 7.50. The van der Waals surface area contributed by atoms with Crippen molar-refractivity contribution in [2.45, 2.75) is 20.8 Å². The van der Waals surface area contributed by atoms with Crippen LogP contribution in [0.2, 0.25) is 0 Å². The molecule has 1 aliphatic heterocycles. The maximum absolute atomic E-state index is 13.0. The molecule has 0 unspecified atom stereocenters. The van der Waals surface area contributed by atoms with Crippen molar-refractivity contribution in [1.29, 1.82) is 0 Å². The average molecular weight is 344 g/mol. The van der Waals surface area contributed by atoms with Crippen molar-refractivity contribution < 1.29 is 9.59 Å². The lowest BCUT2D eigenvalue weighted by Crippen LogP contribution is -2.32. The first-order valence-electron chi connectivity index (χ1n) is 7.92. The predicted molar refractivity (Wildman–Crippen MR) is 96.1 cm³/mol. The third kappa shape index (κ3) is 2.87. The smallest absolute Gasteiger partial charge is 0.322 e. The van der Waals surface area contributed by atoms with Gasteiger partial charge in [0.05, 0.1) is 5.69 Å². The molecule has 1 N–H and O–H groups in total. The van der Waals surface area contributed by atoms with Gasteiger partial charge in [-0.1, -0.05) is 6.07 Å². The van der Waals surface area contributed by atoms with Gasteiger partial charge in [-0.3, -0.25) is 14.6 Å². The summed E-state index contributed by atoms with van der Waals surface area (Å²) in [6, 6.07) is 5.38. The Hall–Kier alpha value is -2.41. The van der Waals surface area contributed by atoms with Crippen LogP contribution < -0.4 is 15.1 Å². The molecule has 0 saturated carbocycles. The number of nitrogens with one attached hydrogen (secondary N) is 1. The number of hydrogen-bond donors (Lipinski definition) is 1. The van der Waals surface area contributed by atoms with Crippen LogP contribution in [0.25, 0.3) is 0 Å². The van der Waals surface area contributed by atoms with Crippen LogP contribution in [-0.2, 0) is 0 Å². The zero-order valence-electron chi connectivity index (χ0n) is 14.0. The van der Waals surface area contributed by atoms with Crippen molar-refractivity contribution in [3.05, 3.63) is 40.4 Å². The number of rotatable bonds is 4. The third-order valence-electron chi connectivity index (χ3n) is 4.08. The second-order valence-corrected chi connectivity index (χ2v) is 6.49. The van der Waals surface area contributed by atoms with E-state index in [1.54, 1.807) is 15.9 Å². The Morgan fingerprint density at radius 1 is 1.42 bits per heavy atom. The molecule has 0 radical (unpaired) electrons. The van der Waals surface area contributed by atoms with E-state index in [1.807, 2.05) is 38.3 Å². The minimum Gasteiger partial charge on any atom is -0.336 e. The van der Waals surface area contributed by atoms with Crippen LogP contribution in [0.3, 0.4) is 0 Å². The van der Waals surface area contributed by atoms with E-state index in [2.05, 4.69) is 10.3 Å². The summed E-state index contributed by atoms with van der Waals surface area (Å²) in [5, 5.41) is 5.42. The van der Waals surface area contributed by atoms with Crippen LogP contribution in [-0.4, -0.2) is 36.6 Å². The Labute approximate surface area is 145 Å². The Morgan fingerprint density at radius 2 is 2.21 bits per heavy atom. The van der Waals surface area contributed by atoms with Gasteiger partial charge < -0.3 is 5.32 Å². The zero-order valence-corrected chi connectivity index (χ0v) is 14.8. The fourth-order valence-corrected chi connectivity index (χ4v) is 3.69. The van der Waals surface area contributed by atoms with E-state index >= 15 is 0 Å². The SMILES string of the molecule is CCN(C(=O)c1cccc(N2CCNC2=O)c1C)c1nc(C)cs1. The number of hydrogen-bond acceptors (Lipinski definition) is 4. The molecular weight excluding hydrogens is 324 g/mol. The van der Waals surface area contributed by atoms with E-state index in [4.69, 9.17) is 0 Å². The van der Waals surface area contributed by atoms with Gasteiger partial charge >= 0.3 is 6.03 Å². The molecular formula is C17H20N4O2S. The van der Waals surface area contributed by atoms with Crippen molar-refractivity contribution in [2.24, 2.45) is 0 Å². The van der Waals surface area contributed by atoms with E-state index < -0.39 is 0 Å². The number of nitrogens with zero attached hydrogens (tertiary/aromatic N) is 3. The molecule has 126 valence electrons. The highest BCUT2D eigenvalue weighted by Gasteiger charge is 2.26. The predicted octanol–water partition coefficient (Wildman–Crippen LogP) is 2.96. The molecule has 0 atom stereocenters. The molecule has 24 heavy (non-hydrogen) atoms. The third-order valence-corrected chi connectivity index (χ3v) is 5.06. The van der Waals surface area contributed by atoms with Crippen LogP contribution in [0.1, 0.15) is 28.5 Å². The van der Waals surface area contributed by atoms with Crippen molar-refractivity contribution in [2.75, 3.05) is 29.4 Å². The number of urea groups is 1. The Bertz CT molecular complexity index is 787. The lowest BCUT2D eigenvalue weighted by molar-refractivity contribution is 0.0987. The van der Waals surface area contributed by atoms with Crippen LogP contribution in [0, 0.1) is 13.8 Å². The summed E-state index contributed by atoms with van der Waals surface area (Å²) in [4.78, 5) is 32.7. The Kier molecular flexibility index (Phi) is 4.53. The van der Waals surface area contributed by atoms with Crippen molar-refractivity contribution in [3.8, 4) is 0 Å². The van der Waals surface area contributed by atoms with E-state index in [9.17, 15) is 9.59 Å². The summed E-state index contributed by atoms with van der Waals surface area (Å²) in [7, 11) is 0. The molecule has 7 heteroatoms. The van der Waals surface area contributed by atoms with Crippen LogP contribution in [0.5, 0.6) is 0 Å². The quantitative estimate of drug-likeness (QED) is 0.927. The second-order valence-electron chi connectivity index (χ2n) is 5.65. The van der Waals surface area contributed by atoms with Gasteiger partial charge in [0, 0.05) is 36.3 Å². The Morgan fingerprint density at radius 3 is 2.79 bits per heavy atom. The van der Waals surface area contributed by atoms with E-state index in [0.717, 1.165) is 16.9 Å². The molecule has 1 saturated heterocycles. The van der Waals surface area contributed by atoms with E-state index in [-0.39, 0.29) is 11.9 Å². The van der Waals surface area contributed by atoms with Gasteiger partial charge in [-0.05, 0) is 38.5 Å². The van der Waals surface area contributed by atoms with Crippen molar-refractivity contribution in [1.82, 2.24) is 10.3 Å². The maximum atomic E-state index is 13.0. The van der Waals surface area contributed by atoms with Crippen LogP contribution in [0.15, 0.2) is 23.6 Å². The lowest BCUT2D eigenvalue weighted by atomic mass is 10.0. The highest BCUT2D eigenvalue weighted by atomic mass is 32.1. The van der Waals surface area contributed by atoms with E-state index in [0.29, 0.717) is 30.3 Å². The van der Waals surface area contributed by atoms with Gasteiger partial charge in [0.2, 0.25) is 0 Å². The highest BCUT2D eigenvalue weighted by molar-refractivity contribution is 7.14. The number of aromatic nitrogens is 1. The first kappa shape index (κ1) is 16.4. The number of carbonyl (C=O) groups excluding carboxylic acids is 2. The molecule has 1 aromatic heterocycles. The molecule has 3 amide bonds. The van der Waals surface area contributed by atoms with Gasteiger partial charge in [-0.25, -0.2) is 9.78 Å². The van der Waals surface area contributed by atoms with Gasteiger partial charge in [0.1, 0.15) is 0 Å². The maximum Gasteiger partial charge on any atom is 0.322 e. The number of anilines is 2. The molecule has 2 aromatic rings. The molecule has 3 rings (SSSR count). The van der Waals surface area contributed by atoms with Crippen LogP contribution in [0.4, 0.5) is 15.6 Å². The number of thiazole rings is 1. The summed E-state index contributed by atoms with van der Waals surface area (Å²) < 4.78 is 0.